The predicted octanol–water partition coefficient (Wildman–Crippen LogP) is -1.21. The van der Waals surface area contributed by atoms with Gasteiger partial charge in [0.1, 0.15) is 6.04 Å². The largest absolute Gasteiger partial charge is 0.480 e. The van der Waals surface area contributed by atoms with Crippen LogP contribution in [0.3, 0.4) is 0 Å². The number of carbonyl (C=O) groups is 3. The van der Waals surface area contributed by atoms with Crippen molar-refractivity contribution in [2.24, 2.45) is 5.73 Å². The minimum atomic E-state index is -1.27. The second kappa shape index (κ2) is 6.25. The number of amides is 2. The van der Waals surface area contributed by atoms with Gasteiger partial charge in [-0.25, -0.2) is 4.79 Å². The van der Waals surface area contributed by atoms with E-state index in [0.29, 0.717) is 0 Å². The van der Waals surface area contributed by atoms with E-state index < -0.39 is 30.2 Å². The van der Waals surface area contributed by atoms with Crippen LogP contribution in [-0.4, -0.2) is 40.9 Å². The molecule has 0 bridgehead atoms. The van der Waals surface area contributed by atoms with E-state index in [1.165, 1.54) is 11.8 Å². The van der Waals surface area contributed by atoms with Crippen molar-refractivity contribution in [1.82, 2.24) is 5.32 Å². The Morgan fingerprint density at radius 1 is 1.50 bits per heavy atom. The summed E-state index contributed by atoms with van der Waals surface area (Å²) in [5, 5.41) is 10.8. The number of rotatable bonds is 6. The van der Waals surface area contributed by atoms with Crippen LogP contribution in [0.4, 0.5) is 0 Å². The van der Waals surface area contributed by atoms with Gasteiger partial charge in [-0.05, 0) is 6.26 Å². The third-order valence-corrected chi connectivity index (χ3v) is 1.86. The Hall–Kier alpha value is -1.24. The molecular weight excluding hydrogens is 208 g/mol. The van der Waals surface area contributed by atoms with E-state index in [9.17, 15) is 14.4 Å². The van der Waals surface area contributed by atoms with Gasteiger partial charge in [0, 0.05) is 0 Å². The third-order valence-electron chi connectivity index (χ3n) is 1.31. The molecule has 0 rings (SSSR count). The minimum Gasteiger partial charge on any atom is -0.480 e. The highest BCUT2D eigenvalue weighted by molar-refractivity contribution is 7.99. The van der Waals surface area contributed by atoms with Crippen LogP contribution in [0.1, 0.15) is 6.42 Å². The first-order valence-corrected chi connectivity index (χ1v) is 5.16. The summed E-state index contributed by atoms with van der Waals surface area (Å²) in [5.41, 5.74) is 4.82. The van der Waals surface area contributed by atoms with E-state index in [1.54, 1.807) is 6.26 Å². The summed E-state index contributed by atoms with van der Waals surface area (Å²) in [5.74, 6) is -2.30. The molecule has 80 valence electrons. The summed E-state index contributed by atoms with van der Waals surface area (Å²) in [6.07, 6.45) is 1.32. The Morgan fingerprint density at radius 3 is 2.43 bits per heavy atom. The van der Waals surface area contributed by atoms with Crippen molar-refractivity contribution in [2.45, 2.75) is 12.5 Å². The highest BCUT2D eigenvalue weighted by Gasteiger charge is 2.21. The first kappa shape index (κ1) is 12.8. The average molecular weight is 220 g/mol. The quantitative estimate of drug-likeness (QED) is 0.520. The normalized spacial score (nSPS) is 11.8. The minimum absolute atomic E-state index is 0.155. The molecule has 6 nitrogen and oxygen atoms in total. The fraction of sp³-hybridized carbons (Fsp3) is 0.571. The first-order chi connectivity index (χ1) is 6.47. The molecule has 0 radical (unpaired) electrons. The van der Waals surface area contributed by atoms with E-state index in [1.807, 2.05) is 0 Å². The lowest BCUT2D eigenvalue weighted by Crippen LogP contribution is -2.44. The molecule has 0 heterocycles. The molecule has 2 amide bonds. The molecule has 0 saturated carbocycles. The first-order valence-electron chi connectivity index (χ1n) is 3.76. The predicted molar refractivity (Wildman–Crippen MR) is 51.8 cm³/mol. The molecular formula is C7H12N2O4S. The molecule has 7 heteroatoms. The van der Waals surface area contributed by atoms with E-state index in [0.717, 1.165) is 0 Å². The summed E-state index contributed by atoms with van der Waals surface area (Å²) in [4.78, 5) is 32.0. The van der Waals surface area contributed by atoms with Gasteiger partial charge in [-0.1, -0.05) is 0 Å². The van der Waals surface area contributed by atoms with Crippen LogP contribution < -0.4 is 11.1 Å². The fourth-order valence-electron chi connectivity index (χ4n) is 0.768. The number of nitrogens with one attached hydrogen (secondary N) is 1. The number of aliphatic carboxylic acids is 1. The lowest BCUT2D eigenvalue weighted by molar-refractivity contribution is -0.143. The maximum atomic E-state index is 11.0. The number of hydrogen-bond acceptors (Lipinski definition) is 4. The Kier molecular flexibility index (Phi) is 5.70. The summed E-state index contributed by atoms with van der Waals surface area (Å²) in [6, 6.07) is -1.23. The third kappa shape index (κ3) is 5.41. The van der Waals surface area contributed by atoms with Gasteiger partial charge in [-0.2, -0.15) is 11.8 Å². The Balaban J connectivity index is 4.16. The van der Waals surface area contributed by atoms with Crippen LogP contribution in [0, 0.1) is 0 Å². The summed E-state index contributed by atoms with van der Waals surface area (Å²) in [6.45, 7) is 0. The van der Waals surface area contributed by atoms with Crippen molar-refractivity contribution >= 4 is 29.5 Å². The zero-order valence-corrected chi connectivity index (χ0v) is 8.47. The van der Waals surface area contributed by atoms with Crippen molar-refractivity contribution < 1.29 is 19.5 Å². The molecule has 0 aromatic carbocycles. The van der Waals surface area contributed by atoms with Gasteiger partial charge in [0.2, 0.25) is 11.8 Å². The monoisotopic (exact) mass is 220 g/mol. The van der Waals surface area contributed by atoms with E-state index in [4.69, 9.17) is 10.8 Å². The molecule has 0 fully saturated rings. The molecule has 0 aromatic rings. The SMILES string of the molecule is CSCC(=O)N[C@@H](CC(N)=O)C(=O)O. The van der Waals surface area contributed by atoms with Gasteiger partial charge in [0.25, 0.3) is 0 Å². The molecule has 0 aliphatic carbocycles. The number of primary amides is 1. The van der Waals surface area contributed by atoms with Crippen LogP contribution in [0.15, 0.2) is 0 Å². The van der Waals surface area contributed by atoms with Crippen molar-refractivity contribution in [3.05, 3.63) is 0 Å². The maximum absolute atomic E-state index is 11.0. The summed E-state index contributed by atoms with van der Waals surface area (Å²) < 4.78 is 0. The van der Waals surface area contributed by atoms with Crippen molar-refractivity contribution in [3.8, 4) is 0 Å². The lowest BCUT2D eigenvalue weighted by Gasteiger charge is -2.11. The number of carboxylic acid groups (broad SMARTS) is 1. The maximum Gasteiger partial charge on any atom is 0.326 e. The van der Waals surface area contributed by atoms with E-state index in [-0.39, 0.29) is 5.75 Å². The molecule has 0 aliphatic heterocycles. The zero-order chi connectivity index (χ0) is 11.1. The summed E-state index contributed by atoms with van der Waals surface area (Å²) in [7, 11) is 0. The van der Waals surface area contributed by atoms with Crippen LogP contribution in [0.5, 0.6) is 0 Å². The Bertz CT molecular complexity index is 244. The second-order valence-electron chi connectivity index (χ2n) is 2.56. The van der Waals surface area contributed by atoms with Crippen molar-refractivity contribution in [3.63, 3.8) is 0 Å². The van der Waals surface area contributed by atoms with Gasteiger partial charge in [0.15, 0.2) is 0 Å². The van der Waals surface area contributed by atoms with E-state index >= 15 is 0 Å². The molecule has 1 atom stereocenters. The van der Waals surface area contributed by atoms with Gasteiger partial charge in [-0.15, -0.1) is 0 Å². The molecule has 0 spiro atoms. The highest BCUT2D eigenvalue weighted by atomic mass is 32.2. The number of carboxylic acids is 1. The zero-order valence-electron chi connectivity index (χ0n) is 7.65. The van der Waals surface area contributed by atoms with Gasteiger partial charge >= 0.3 is 5.97 Å². The summed E-state index contributed by atoms with van der Waals surface area (Å²) >= 11 is 1.26. The number of carbonyl (C=O) groups excluding carboxylic acids is 2. The van der Waals surface area contributed by atoms with Crippen molar-refractivity contribution in [2.75, 3.05) is 12.0 Å². The fourth-order valence-corrected chi connectivity index (χ4v) is 1.11. The molecule has 0 aliphatic rings. The number of nitrogens with two attached hydrogens (primary N) is 1. The van der Waals surface area contributed by atoms with Gasteiger partial charge < -0.3 is 16.2 Å². The van der Waals surface area contributed by atoms with Crippen LogP contribution in [0.25, 0.3) is 0 Å². The molecule has 0 unspecified atom stereocenters. The van der Waals surface area contributed by atoms with E-state index in [2.05, 4.69) is 5.32 Å². The lowest BCUT2D eigenvalue weighted by atomic mass is 10.2. The molecule has 14 heavy (non-hydrogen) atoms. The Labute approximate surface area is 85.2 Å². The average Bonchev–Trinajstić information content (AvgIpc) is 2.02. The van der Waals surface area contributed by atoms with Gasteiger partial charge in [0.05, 0.1) is 12.2 Å². The van der Waals surface area contributed by atoms with Gasteiger partial charge in [-0.3, -0.25) is 9.59 Å². The van der Waals surface area contributed by atoms with Crippen molar-refractivity contribution in [1.29, 1.82) is 0 Å². The molecule has 0 aromatic heterocycles. The highest BCUT2D eigenvalue weighted by Crippen LogP contribution is 1.95. The second-order valence-corrected chi connectivity index (χ2v) is 3.43. The molecule has 0 saturated heterocycles. The number of hydrogen-bond donors (Lipinski definition) is 3. The smallest absolute Gasteiger partial charge is 0.326 e. The standard InChI is InChI=1S/C7H12N2O4S/c1-14-3-6(11)9-4(7(12)13)2-5(8)10/h4H,2-3H2,1H3,(H2,8,10)(H,9,11)(H,12,13)/t4-/m0/s1. The topological polar surface area (TPSA) is 109 Å². The molecule has 4 N–H and O–H groups in total. The Morgan fingerprint density at radius 2 is 2.07 bits per heavy atom. The number of thioether (sulfide) groups is 1. The van der Waals surface area contributed by atoms with Crippen LogP contribution in [-0.2, 0) is 14.4 Å². The van der Waals surface area contributed by atoms with Crippen LogP contribution in [0.2, 0.25) is 0 Å². The van der Waals surface area contributed by atoms with Crippen LogP contribution >= 0.6 is 11.8 Å².